The Kier molecular flexibility index (Phi) is 7.36. The molecule has 0 aliphatic rings. The van der Waals surface area contributed by atoms with E-state index in [0.29, 0.717) is 47.2 Å². The fraction of sp³-hybridized carbons (Fsp3) is 0.208. The Labute approximate surface area is 205 Å². The number of hydrogen-bond donors (Lipinski definition) is 0. The molecule has 0 N–H and O–H groups in total. The minimum atomic E-state index is -0.469. The maximum atomic E-state index is 13.3. The van der Waals surface area contributed by atoms with Crippen LogP contribution in [0.4, 0.5) is 10.8 Å². The topological polar surface area (TPSA) is 113 Å². The first-order valence-corrected chi connectivity index (χ1v) is 11.5. The largest absolute Gasteiger partial charge is 0.495 e. The number of non-ortho nitro benzene ring substituents is 1. The first-order valence-electron chi connectivity index (χ1n) is 10.7. The Morgan fingerprint density at radius 3 is 2.74 bits per heavy atom. The van der Waals surface area contributed by atoms with Gasteiger partial charge >= 0.3 is 0 Å². The first-order chi connectivity index (χ1) is 17.0. The van der Waals surface area contributed by atoms with Gasteiger partial charge in [0.1, 0.15) is 21.7 Å². The third-order valence-electron chi connectivity index (χ3n) is 5.25. The second kappa shape index (κ2) is 10.8. The fourth-order valence-electron chi connectivity index (χ4n) is 3.52. The van der Waals surface area contributed by atoms with Gasteiger partial charge in [-0.25, -0.2) is 9.97 Å². The lowest BCUT2D eigenvalue weighted by Crippen LogP contribution is -2.30. The van der Waals surface area contributed by atoms with Crippen LogP contribution < -0.4 is 14.4 Å². The quantitative estimate of drug-likeness (QED) is 0.181. The van der Waals surface area contributed by atoms with Gasteiger partial charge in [0.05, 0.1) is 25.5 Å². The number of amides is 1. The molecule has 0 aliphatic carbocycles. The molecule has 0 radical (unpaired) electrons. The lowest BCUT2D eigenvalue weighted by atomic mass is 10.2. The number of anilines is 1. The predicted molar refractivity (Wildman–Crippen MR) is 134 cm³/mol. The second-order valence-electron chi connectivity index (χ2n) is 7.47. The van der Waals surface area contributed by atoms with Crippen molar-refractivity contribution >= 4 is 44.4 Å². The number of aryl methyl sites for hydroxylation is 1. The van der Waals surface area contributed by atoms with E-state index in [-0.39, 0.29) is 11.6 Å². The number of thiazole rings is 1. The van der Waals surface area contributed by atoms with E-state index >= 15 is 0 Å². The Morgan fingerprint density at radius 2 is 2.03 bits per heavy atom. The van der Waals surface area contributed by atoms with Gasteiger partial charge in [-0.15, -0.1) is 0 Å². The normalized spacial score (nSPS) is 11.1. The van der Waals surface area contributed by atoms with Gasteiger partial charge in [-0.1, -0.05) is 23.5 Å². The number of hydrogen-bond acceptors (Lipinski definition) is 8. The molecule has 0 aliphatic heterocycles. The molecule has 180 valence electrons. The summed E-state index contributed by atoms with van der Waals surface area (Å²) in [6.45, 7) is 1.08. The number of carbonyl (C=O) groups is 1. The predicted octanol–water partition coefficient (Wildman–Crippen LogP) is 4.55. The van der Waals surface area contributed by atoms with Crippen LogP contribution >= 0.6 is 11.3 Å². The molecule has 4 rings (SSSR count). The van der Waals surface area contributed by atoms with Crippen LogP contribution in [-0.2, 0) is 11.3 Å². The van der Waals surface area contributed by atoms with Crippen molar-refractivity contribution in [3.05, 3.63) is 76.9 Å². The highest BCUT2D eigenvalue weighted by atomic mass is 32.1. The zero-order valence-corrected chi connectivity index (χ0v) is 20.0. The Balaban J connectivity index is 1.64. The van der Waals surface area contributed by atoms with Gasteiger partial charge in [0.2, 0.25) is 0 Å². The third-order valence-corrected chi connectivity index (χ3v) is 6.35. The van der Waals surface area contributed by atoms with Gasteiger partial charge in [0.15, 0.2) is 5.13 Å². The van der Waals surface area contributed by atoms with Crippen LogP contribution in [0, 0.1) is 10.1 Å². The monoisotopic (exact) mass is 493 g/mol. The van der Waals surface area contributed by atoms with Crippen molar-refractivity contribution in [3.8, 4) is 11.5 Å². The smallest absolute Gasteiger partial charge is 0.270 e. The van der Waals surface area contributed by atoms with E-state index in [0.717, 1.165) is 4.70 Å². The highest BCUT2D eigenvalue weighted by molar-refractivity contribution is 7.22. The number of methoxy groups -OCH3 is 2. The summed E-state index contributed by atoms with van der Waals surface area (Å²) < 4.78 is 13.6. The number of nitro groups is 1. The number of nitrogens with zero attached hydrogens (tertiary/aromatic N) is 5. The van der Waals surface area contributed by atoms with Crippen molar-refractivity contribution in [2.75, 3.05) is 25.7 Å². The number of nitro benzene ring substituents is 1. The summed E-state index contributed by atoms with van der Waals surface area (Å²) in [5.41, 5.74) is 1.13. The van der Waals surface area contributed by atoms with Gasteiger partial charge in [-0.05, 0) is 30.2 Å². The lowest BCUT2D eigenvalue weighted by Gasteiger charge is -2.18. The number of imidazole rings is 1. The SMILES string of the molecule is COc1ccc(OC)c2sc(N(CCCn3ccnc3)C(=O)/C=C/c3cccc([N+](=O)[O-])c3)nc12. The van der Waals surface area contributed by atoms with E-state index in [1.54, 1.807) is 62.0 Å². The van der Waals surface area contributed by atoms with Gasteiger partial charge in [-0.2, -0.15) is 0 Å². The molecule has 2 aromatic heterocycles. The molecule has 2 heterocycles. The van der Waals surface area contributed by atoms with Crippen LogP contribution in [-0.4, -0.2) is 46.1 Å². The van der Waals surface area contributed by atoms with E-state index in [2.05, 4.69) is 4.98 Å². The average Bonchev–Trinajstić information content (AvgIpc) is 3.55. The molecule has 0 bridgehead atoms. The molecule has 0 saturated carbocycles. The number of rotatable bonds is 10. The molecule has 4 aromatic rings. The minimum absolute atomic E-state index is 0.0397. The maximum Gasteiger partial charge on any atom is 0.270 e. The molecular weight excluding hydrogens is 470 g/mol. The van der Waals surface area contributed by atoms with E-state index in [4.69, 9.17) is 14.5 Å². The highest BCUT2D eigenvalue weighted by Crippen LogP contribution is 2.40. The number of ether oxygens (including phenoxy) is 2. The molecular formula is C24H23N5O5S. The van der Waals surface area contributed by atoms with Gasteiger partial charge in [0, 0.05) is 43.7 Å². The fourth-order valence-corrected chi connectivity index (χ4v) is 4.63. The van der Waals surface area contributed by atoms with Crippen LogP contribution in [0.3, 0.4) is 0 Å². The summed E-state index contributed by atoms with van der Waals surface area (Å²) in [6, 6.07) is 9.68. The Hall–Kier alpha value is -4.25. The molecule has 2 aromatic carbocycles. The molecule has 11 heteroatoms. The van der Waals surface area contributed by atoms with Crippen LogP contribution in [0.15, 0.2) is 61.2 Å². The van der Waals surface area contributed by atoms with Crippen molar-refractivity contribution in [1.29, 1.82) is 0 Å². The van der Waals surface area contributed by atoms with E-state index < -0.39 is 4.92 Å². The first kappa shape index (κ1) is 23.9. The van der Waals surface area contributed by atoms with E-state index in [9.17, 15) is 14.9 Å². The average molecular weight is 494 g/mol. The summed E-state index contributed by atoms with van der Waals surface area (Å²) in [7, 11) is 3.15. The molecule has 35 heavy (non-hydrogen) atoms. The minimum Gasteiger partial charge on any atom is -0.495 e. The summed E-state index contributed by atoms with van der Waals surface area (Å²) in [5.74, 6) is 0.933. The van der Waals surface area contributed by atoms with Crippen molar-refractivity contribution in [2.45, 2.75) is 13.0 Å². The van der Waals surface area contributed by atoms with Crippen LogP contribution in [0.1, 0.15) is 12.0 Å². The van der Waals surface area contributed by atoms with Crippen molar-refractivity contribution in [2.24, 2.45) is 0 Å². The highest BCUT2D eigenvalue weighted by Gasteiger charge is 2.21. The molecule has 0 spiro atoms. The third kappa shape index (κ3) is 5.46. The van der Waals surface area contributed by atoms with Gasteiger partial charge < -0.3 is 14.0 Å². The van der Waals surface area contributed by atoms with Crippen LogP contribution in [0.25, 0.3) is 16.3 Å². The lowest BCUT2D eigenvalue weighted by molar-refractivity contribution is -0.384. The van der Waals surface area contributed by atoms with Crippen molar-refractivity contribution < 1.29 is 19.2 Å². The maximum absolute atomic E-state index is 13.3. The molecule has 0 atom stereocenters. The molecule has 1 amide bonds. The second-order valence-corrected chi connectivity index (χ2v) is 8.45. The number of aromatic nitrogens is 3. The summed E-state index contributed by atoms with van der Waals surface area (Å²) in [4.78, 5) is 34.2. The van der Waals surface area contributed by atoms with Gasteiger partial charge in [0.25, 0.3) is 11.6 Å². The number of carbonyl (C=O) groups excluding carboxylic acids is 1. The van der Waals surface area contributed by atoms with E-state index in [1.165, 1.54) is 29.5 Å². The summed E-state index contributed by atoms with van der Waals surface area (Å²) >= 11 is 1.34. The van der Waals surface area contributed by atoms with Crippen LogP contribution in [0.2, 0.25) is 0 Å². The van der Waals surface area contributed by atoms with Gasteiger partial charge in [-0.3, -0.25) is 19.8 Å². The number of fused-ring (bicyclic) bond motifs is 1. The standard InChI is InChI=1S/C24H23N5O5S/c1-33-19-8-9-20(34-2)23-22(19)26-24(35-23)28(13-4-12-27-14-11-25-16-27)21(30)10-7-17-5-3-6-18(15-17)29(31)32/h3,5-11,14-16H,4,12-13H2,1-2H3/b10-7+. The Bertz CT molecular complexity index is 1330. The molecule has 0 unspecified atom stereocenters. The molecule has 0 saturated heterocycles. The van der Waals surface area contributed by atoms with E-state index in [1.807, 2.05) is 10.8 Å². The van der Waals surface area contributed by atoms with Crippen molar-refractivity contribution in [3.63, 3.8) is 0 Å². The Morgan fingerprint density at radius 1 is 1.23 bits per heavy atom. The summed E-state index contributed by atoms with van der Waals surface area (Å²) in [6.07, 6.45) is 8.92. The molecule has 10 nitrogen and oxygen atoms in total. The zero-order chi connectivity index (χ0) is 24.8. The van der Waals surface area contributed by atoms with Crippen molar-refractivity contribution in [1.82, 2.24) is 14.5 Å². The summed E-state index contributed by atoms with van der Waals surface area (Å²) in [5, 5.41) is 11.6. The van der Waals surface area contributed by atoms with Crippen LogP contribution in [0.5, 0.6) is 11.5 Å². The zero-order valence-electron chi connectivity index (χ0n) is 19.2. The molecule has 0 fully saturated rings. The number of benzene rings is 2.